The molecule has 0 aliphatic carbocycles. The third kappa shape index (κ3) is 10.0. The minimum atomic E-state index is -0.630. The molecule has 6 nitrogen and oxygen atoms in total. The zero-order valence-corrected chi connectivity index (χ0v) is 27.6. The number of amides is 2. The van der Waals surface area contributed by atoms with Crippen molar-refractivity contribution in [1.29, 1.82) is 0 Å². The van der Waals surface area contributed by atoms with Crippen LogP contribution in [-0.4, -0.2) is 61.2 Å². The summed E-state index contributed by atoms with van der Waals surface area (Å²) in [5.74, 6) is 0.563. The van der Waals surface area contributed by atoms with Gasteiger partial charge in [0.15, 0.2) is 0 Å². The van der Waals surface area contributed by atoms with E-state index in [4.69, 9.17) is 9.47 Å². The average Bonchev–Trinajstić information content (AvgIpc) is 2.95. The van der Waals surface area contributed by atoms with E-state index in [2.05, 4.69) is 90.2 Å². The van der Waals surface area contributed by atoms with E-state index in [-0.39, 0.29) is 19.1 Å². The number of allylic oxidation sites excluding steroid dienone is 1. The van der Waals surface area contributed by atoms with Gasteiger partial charge in [-0.15, -0.1) is 0 Å². The van der Waals surface area contributed by atoms with Gasteiger partial charge in [-0.25, -0.2) is 4.79 Å². The van der Waals surface area contributed by atoms with E-state index in [0.29, 0.717) is 12.3 Å². The highest BCUT2D eigenvalue weighted by atomic mass is 127. The smallest absolute Gasteiger partial charge is 0.410 e. The van der Waals surface area contributed by atoms with Gasteiger partial charge >= 0.3 is 6.09 Å². The molecule has 0 saturated carbocycles. The third-order valence-electron chi connectivity index (χ3n) is 6.36. The average molecular weight is 681 g/mol. The Bertz CT molecular complexity index is 1370. The van der Waals surface area contributed by atoms with Crippen molar-refractivity contribution in [3.05, 3.63) is 111 Å². The van der Waals surface area contributed by atoms with Gasteiger partial charge in [0, 0.05) is 30.3 Å². The van der Waals surface area contributed by atoms with Crippen LogP contribution in [-0.2, 0) is 9.53 Å². The van der Waals surface area contributed by atoms with Gasteiger partial charge in [-0.05, 0) is 102 Å². The Morgan fingerprint density at radius 2 is 1.45 bits per heavy atom. The molecular weight excluding hydrogens is 639 g/mol. The maximum absolute atomic E-state index is 12.8. The van der Waals surface area contributed by atoms with Gasteiger partial charge < -0.3 is 19.3 Å². The molecule has 0 aliphatic rings. The van der Waals surface area contributed by atoms with Crippen LogP contribution in [0.5, 0.6) is 5.75 Å². The number of benzene rings is 3. The van der Waals surface area contributed by atoms with Crippen molar-refractivity contribution in [2.24, 2.45) is 0 Å². The molecule has 222 valence electrons. The molecule has 0 bridgehead atoms. The molecule has 42 heavy (non-hydrogen) atoms. The lowest BCUT2D eigenvalue weighted by atomic mass is 9.88. The van der Waals surface area contributed by atoms with Gasteiger partial charge in [-0.1, -0.05) is 67.6 Å². The molecular formula is C35H41IN2O4. The fourth-order valence-electron chi connectivity index (χ4n) is 4.30. The number of nitrogens with zero attached hydrogens (tertiary/aromatic N) is 2. The van der Waals surface area contributed by atoms with E-state index in [1.165, 1.54) is 41.7 Å². The quantitative estimate of drug-likeness (QED) is 0.117. The van der Waals surface area contributed by atoms with Crippen LogP contribution >= 0.6 is 22.6 Å². The summed E-state index contributed by atoms with van der Waals surface area (Å²) in [6.45, 7) is 8.49. The van der Waals surface area contributed by atoms with Crippen LogP contribution < -0.4 is 4.74 Å². The van der Waals surface area contributed by atoms with Crippen molar-refractivity contribution >= 4 is 45.7 Å². The summed E-state index contributed by atoms with van der Waals surface area (Å²) in [4.78, 5) is 27.7. The first kappa shape index (κ1) is 32.9. The molecule has 2 amide bonds. The third-order valence-corrected chi connectivity index (χ3v) is 7.08. The Hall–Kier alpha value is -3.59. The van der Waals surface area contributed by atoms with Gasteiger partial charge in [-0.3, -0.25) is 4.79 Å². The van der Waals surface area contributed by atoms with Crippen LogP contribution in [0.25, 0.3) is 11.1 Å². The minimum absolute atomic E-state index is 0.146. The summed E-state index contributed by atoms with van der Waals surface area (Å²) in [6.07, 6.45) is 3.55. The summed E-state index contributed by atoms with van der Waals surface area (Å²) in [5, 5.41) is 0. The fourth-order valence-corrected chi connectivity index (χ4v) is 4.66. The second-order valence-electron chi connectivity index (χ2n) is 11.0. The first-order valence-corrected chi connectivity index (χ1v) is 15.2. The van der Waals surface area contributed by atoms with Crippen molar-refractivity contribution in [2.75, 3.05) is 33.8 Å². The molecule has 0 aromatic heterocycles. The Kier molecular flexibility index (Phi) is 12.2. The Morgan fingerprint density at radius 1 is 0.857 bits per heavy atom. The van der Waals surface area contributed by atoms with E-state index in [1.54, 1.807) is 20.2 Å². The predicted octanol–water partition coefficient (Wildman–Crippen LogP) is 7.92. The first-order valence-electron chi connectivity index (χ1n) is 14.1. The zero-order chi connectivity index (χ0) is 30.7. The van der Waals surface area contributed by atoms with Gasteiger partial charge in [0.2, 0.25) is 5.91 Å². The van der Waals surface area contributed by atoms with Crippen LogP contribution in [0.4, 0.5) is 4.79 Å². The van der Waals surface area contributed by atoms with E-state index in [0.717, 1.165) is 12.0 Å². The number of halogens is 1. The minimum Gasteiger partial charge on any atom is -0.492 e. The number of hydrogen-bond donors (Lipinski definition) is 0. The predicted molar refractivity (Wildman–Crippen MR) is 179 cm³/mol. The molecule has 3 aromatic carbocycles. The summed E-state index contributed by atoms with van der Waals surface area (Å²) in [7, 11) is 3.36. The van der Waals surface area contributed by atoms with E-state index in [9.17, 15) is 9.59 Å². The van der Waals surface area contributed by atoms with Gasteiger partial charge in [-0.2, -0.15) is 0 Å². The number of ether oxygens (including phenoxy) is 2. The number of rotatable bonds is 11. The normalized spacial score (nSPS) is 12.1. The first-order chi connectivity index (χ1) is 20.0. The second kappa shape index (κ2) is 15.6. The van der Waals surface area contributed by atoms with Crippen molar-refractivity contribution in [2.45, 2.75) is 39.7 Å². The molecule has 0 aliphatic heterocycles. The fraction of sp³-hybridized carbons (Fsp3) is 0.314. The molecule has 0 N–H and O–H groups in total. The summed E-state index contributed by atoms with van der Waals surface area (Å²) in [6, 6.07) is 27.2. The molecule has 3 rings (SSSR count). The highest BCUT2D eigenvalue weighted by molar-refractivity contribution is 14.1. The second-order valence-corrected chi connectivity index (χ2v) is 12.3. The molecule has 0 unspecified atom stereocenters. The highest BCUT2D eigenvalue weighted by Gasteiger charge is 2.21. The Morgan fingerprint density at radius 3 is 2.00 bits per heavy atom. The van der Waals surface area contributed by atoms with Crippen molar-refractivity contribution < 1.29 is 19.1 Å². The van der Waals surface area contributed by atoms with Gasteiger partial charge in [0.05, 0.1) is 6.54 Å². The van der Waals surface area contributed by atoms with Crippen LogP contribution in [0, 0.1) is 3.57 Å². The number of carbonyl (C=O) groups is 2. The lowest BCUT2D eigenvalue weighted by Crippen LogP contribution is -2.39. The van der Waals surface area contributed by atoms with Crippen LogP contribution in [0.15, 0.2) is 91.0 Å². The molecule has 0 spiro atoms. The Balaban J connectivity index is 1.79. The number of carbonyl (C=O) groups excluding carboxylic acids is 2. The lowest BCUT2D eigenvalue weighted by Gasteiger charge is -2.26. The van der Waals surface area contributed by atoms with Crippen LogP contribution in [0.3, 0.4) is 0 Å². The van der Waals surface area contributed by atoms with Crippen molar-refractivity contribution in [1.82, 2.24) is 9.80 Å². The van der Waals surface area contributed by atoms with Crippen LogP contribution in [0.1, 0.15) is 50.8 Å². The lowest BCUT2D eigenvalue weighted by molar-refractivity contribution is -0.123. The highest BCUT2D eigenvalue weighted by Crippen LogP contribution is 2.35. The molecule has 0 radical (unpaired) electrons. The zero-order valence-electron chi connectivity index (χ0n) is 25.4. The maximum Gasteiger partial charge on any atom is 0.410 e. The van der Waals surface area contributed by atoms with Gasteiger partial charge in [0.1, 0.15) is 18.0 Å². The van der Waals surface area contributed by atoms with E-state index in [1.807, 2.05) is 39.0 Å². The topological polar surface area (TPSA) is 59.1 Å². The maximum atomic E-state index is 12.8. The summed E-state index contributed by atoms with van der Waals surface area (Å²) < 4.78 is 12.8. The van der Waals surface area contributed by atoms with E-state index < -0.39 is 11.7 Å². The largest absolute Gasteiger partial charge is 0.492 e. The Labute approximate surface area is 264 Å². The van der Waals surface area contributed by atoms with Crippen molar-refractivity contribution in [3.8, 4) is 5.75 Å². The standard InChI is InChI=1S/C35H41IN2O4/c1-7-31(26-12-9-8-10-13-26)33(27-15-19-29(36)20-16-27)28-17-21-30(22-18-28)41-25-24-38(34(40)42-35(2,3)4)23-11-14-32(39)37(5)6/h8-22H,7,23-25H2,1-6H3/b14-11+,33-31-. The van der Waals surface area contributed by atoms with Gasteiger partial charge in [0.25, 0.3) is 0 Å². The summed E-state index contributed by atoms with van der Waals surface area (Å²) in [5.41, 5.74) is 5.32. The van der Waals surface area contributed by atoms with Crippen molar-refractivity contribution in [3.63, 3.8) is 0 Å². The van der Waals surface area contributed by atoms with E-state index >= 15 is 0 Å². The number of hydrogen-bond acceptors (Lipinski definition) is 4. The molecule has 0 heterocycles. The molecule has 0 saturated heterocycles. The molecule has 0 atom stereocenters. The molecule has 3 aromatic rings. The SMILES string of the molecule is CC/C(=C(\c1ccc(I)cc1)c1ccc(OCCN(C/C=C/C(=O)N(C)C)C(=O)OC(C)(C)C)cc1)c1ccccc1. The molecule has 7 heteroatoms. The monoisotopic (exact) mass is 680 g/mol. The summed E-state index contributed by atoms with van der Waals surface area (Å²) >= 11 is 2.33. The molecule has 0 fully saturated rings. The van der Waals surface area contributed by atoms with Crippen LogP contribution in [0.2, 0.25) is 0 Å². The number of likely N-dealkylation sites (N-methyl/N-ethyl adjacent to an activating group) is 1.